The van der Waals surface area contributed by atoms with Crippen molar-refractivity contribution in [2.75, 3.05) is 12.3 Å². The van der Waals surface area contributed by atoms with Gasteiger partial charge in [0.2, 0.25) is 0 Å². The van der Waals surface area contributed by atoms with E-state index in [-0.39, 0.29) is 11.9 Å². The van der Waals surface area contributed by atoms with E-state index in [0.717, 1.165) is 30.5 Å². The van der Waals surface area contributed by atoms with Crippen LogP contribution in [0, 0.1) is 6.92 Å². The monoisotopic (exact) mass is 262 g/mol. The summed E-state index contributed by atoms with van der Waals surface area (Å²) in [5, 5.41) is 0. The number of anilines is 1. The van der Waals surface area contributed by atoms with E-state index in [2.05, 4.69) is 20.8 Å². The molecule has 0 fully saturated rings. The van der Waals surface area contributed by atoms with Gasteiger partial charge in [-0.15, -0.1) is 0 Å². The van der Waals surface area contributed by atoms with Crippen molar-refractivity contribution < 1.29 is 4.79 Å². The average molecular weight is 262 g/mol. The molecular formula is C16H26N2O. The smallest absolute Gasteiger partial charge is 0.254 e. The molecule has 0 aliphatic carbocycles. The summed E-state index contributed by atoms with van der Waals surface area (Å²) in [6.45, 7) is 9.07. The van der Waals surface area contributed by atoms with Crippen LogP contribution < -0.4 is 5.73 Å². The Bertz CT molecular complexity index is 427. The minimum Gasteiger partial charge on any atom is -0.399 e. The van der Waals surface area contributed by atoms with E-state index in [1.807, 2.05) is 24.0 Å². The lowest BCUT2D eigenvalue weighted by Crippen LogP contribution is -2.38. The van der Waals surface area contributed by atoms with Crippen LogP contribution in [0.1, 0.15) is 56.0 Å². The third-order valence-electron chi connectivity index (χ3n) is 3.37. The molecule has 0 saturated heterocycles. The summed E-state index contributed by atoms with van der Waals surface area (Å²) in [5.41, 5.74) is 8.16. The second kappa shape index (κ2) is 7.17. The number of amides is 1. The summed E-state index contributed by atoms with van der Waals surface area (Å²) >= 11 is 0. The van der Waals surface area contributed by atoms with Gasteiger partial charge in [0.05, 0.1) is 0 Å². The first-order chi connectivity index (χ1) is 8.97. The molecule has 0 aromatic heterocycles. The SMILES string of the molecule is CCCCCN(C(=O)c1ccc(N)cc1C)C(C)C. The van der Waals surface area contributed by atoms with Gasteiger partial charge < -0.3 is 10.6 Å². The Labute approximate surface area is 116 Å². The number of nitrogens with zero attached hydrogens (tertiary/aromatic N) is 1. The van der Waals surface area contributed by atoms with Crippen LogP contribution in [0.3, 0.4) is 0 Å². The number of rotatable bonds is 6. The minimum atomic E-state index is 0.114. The lowest BCUT2D eigenvalue weighted by molar-refractivity contribution is 0.0701. The second-order valence-electron chi connectivity index (χ2n) is 5.37. The topological polar surface area (TPSA) is 46.3 Å². The van der Waals surface area contributed by atoms with E-state index in [9.17, 15) is 4.79 Å². The highest BCUT2D eigenvalue weighted by Crippen LogP contribution is 2.17. The van der Waals surface area contributed by atoms with E-state index in [0.29, 0.717) is 5.69 Å². The fourth-order valence-corrected chi connectivity index (χ4v) is 2.21. The molecule has 0 bridgehead atoms. The molecule has 0 radical (unpaired) electrons. The molecule has 1 aromatic carbocycles. The molecule has 3 nitrogen and oxygen atoms in total. The molecule has 1 aromatic rings. The molecular weight excluding hydrogens is 236 g/mol. The third kappa shape index (κ3) is 4.27. The van der Waals surface area contributed by atoms with E-state index in [1.54, 1.807) is 6.07 Å². The molecule has 2 N–H and O–H groups in total. The standard InChI is InChI=1S/C16H26N2O/c1-5-6-7-10-18(12(2)3)16(19)15-9-8-14(17)11-13(15)4/h8-9,11-12H,5-7,10,17H2,1-4H3. The van der Waals surface area contributed by atoms with Crippen LogP contribution in [0.15, 0.2) is 18.2 Å². The van der Waals surface area contributed by atoms with Gasteiger partial charge in [-0.2, -0.15) is 0 Å². The van der Waals surface area contributed by atoms with Crippen LogP contribution in [0.25, 0.3) is 0 Å². The molecule has 0 heterocycles. The summed E-state index contributed by atoms with van der Waals surface area (Å²) in [4.78, 5) is 14.6. The average Bonchev–Trinajstić information content (AvgIpc) is 2.33. The fourth-order valence-electron chi connectivity index (χ4n) is 2.21. The van der Waals surface area contributed by atoms with Crippen LogP contribution in [0.5, 0.6) is 0 Å². The first-order valence-electron chi connectivity index (χ1n) is 7.14. The highest BCUT2D eigenvalue weighted by molar-refractivity contribution is 5.96. The van der Waals surface area contributed by atoms with Crippen LogP contribution in [-0.4, -0.2) is 23.4 Å². The summed E-state index contributed by atoms with van der Waals surface area (Å²) < 4.78 is 0. The Balaban J connectivity index is 2.86. The molecule has 1 amide bonds. The van der Waals surface area contributed by atoms with E-state index in [1.165, 1.54) is 6.42 Å². The molecule has 19 heavy (non-hydrogen) atoms. The molecule has 106 valence electrons. The highest BCUT2D eigenvalue weighted by Gasteiger charge is 2.19. The van der Waals surface area contributed by atoms with Gasteiger partial charge in [-0.05, 0) is 51.0 Å². The van der Waals surface area contributed by atoms with Crippen molar-refractivity contribution in [1.82, 2.24) is 4.90 Å². The molecule has 3 heteroatoms. The van der Waals surface area contributed by atoms with Crippen LogP contribution >= 0.6 is 0 Å². The van der Waals surface area contributed by atoms with Crippen molar-refractivity contribution in [3.8, 4) is 0 Å². The maximum absolute atomic E-state index is 12.6. The lowest BCUT2D eigenvalue weighted by Gasteiger charge is -2.27. The number of hydrogen-bond acceptors (Lipinski definition) is 2. The summed E-state index contributed by atoms with van der Waals surface area (Å²) in [6.07, 6.45) is 3.40. The molecule has 0 aliphatic heterocycles. The summed E-state index contributed by atoms with van der Waals surface area (Å²) in [6, 6.07) is 5.71. The number of benzene rings is 1. The number of aryl methyl sites for hydroxylation is 1. The number of nitrogen functional groups attached to an aromatic ring is 1. The largest absolute Gasteiger partial charge is 0.399 e. The zero-order valence-electron chi connectivity index (χ0n) is 12.6. The Hall–Kier alpha value is -1.51. The first kappa shape index (κ1) is 15.5. The van der Waals surface area contributed by atoms with Gasteiger partial charge >= 0.3 is 0 Å². The van der Waals surface area contributed by atoms with Gasteiger partial charge in [0, 0.05) is 23.8 Å². The zero-order chi connectivity index (χ0) is 14.4. The maximum atomic E-state index is 12.6. The molecule has 0 atom stereocenters. The van der Waals surface area contributed by atoms with Crippen molar-refractivity contribution >= 4 is 11.6 Å². The van der Waals surface area contributed by atoms with E-state index >= 15 is 0 Å². The minimum absolute atomic E-state index is 0.114. The predicted molar refractivity (Wildman–Crippen MR) is 81.3 cm³/mol. The van der Waals surface area contributed by atoms with Gasteiger partial charge in [-0.3, -0.25) is 4.79 Å². The van der Waals surface area contributed by atoms with Crippen molar-refractivity contribution in [3.63, 3.8) is 0 Å². The van der Waals surface area contributed by atoms with Gasteiger partial charge in [0.25, 0.3) is 5.91 Å². The number of nitrogens with two attached hydrogens (primary N) is 1. The number of carbonyl (C=O) groups is 1. The lowest BCUT2D eigenvalue weighted by atomic mass is 10.1. The van der Waals surface area contributed by atoms with Crippen molar-refractivity contribution in [2.24, 2.45) is 0 Å². The second-order valence-corrected chi connectivity index (χ2v) is 5.37. The van der Waals surface area contributed by atoms with Gasteiger partial charge in [-0.1, -0.05) is 19.8 Å². The van der Waals surface area contributed by atoms with Gasteiger partial charge in [0.15, 0.2) is 0 Å². The molecule has 0 saturated carbocycles. The molecule has 1 rings (SSSR count). The van der Waals surface area contributed by atoms with Crippen LogP contribution in [0.4, 0.5) is 5.69 Å². The number of carbonyl (C=O) groups excluding carboxylic acids is 1. The number of unbranched alkanes of at least 4 members (excludes halogenated alkanes) is 2. The Morgan fingerprint density at radius 3 is 2.53 bits per heavy atom. The maximum Gasteiger partial charge on any atom is 0.254 e. The van der Waals surface area contributed by atoms with Gasteiger partial charge in [0.1, 0.15) is 0 Å². The normalized spacial score (nSPS) is 10.8. The Morgan fingerprint density at radius 1 is 1.32 bits per heavy atom. The third-order valence-corrected chi connectivity index (χ3v) is 3.37. The van der Waals surface area contributed by atoms with Crippen LogP contribution in [-0.2, 0) is 0 Å². The number of hydrogen-bond donors (Lipinski definition) is 1. The molecule has 0 spiro atoms. The predicted octanol–water partition coefficient (Wildman–Crippen LogP) is 3.62. The molecule has 0 unspecified atom stereocenters. The van der Waals surface area contributed by atoms with Gasteiger partial charge in [-0.25, -0.2) is 0 Å². The van der Waals surface area contributed by atoms with Crippen molar-refractivity contribution in [2.45, 2.75) is 53.0 Å². The molecule has 0 aliphatic rings. The van der Waals surface area contributed by atoms with Crippen molar-refractivity contribution in [3.05, 3.63) is 29.3 Å². The Morgan fingerprint density at radius 2 is 2.00 bits per heavy atom. The van der Waals surface area contributed by atoms with E-state index < -0.39 is 0 Å². The summed E-state index contributed by atoms with van der Waals surface area (Å²) in [7, 11) is 0. The highest BCUT2D eigenvalue weighted by atomic mass is 16.2. The Kier molecular flexibility index (Phi) is 5.87. The fraction of sp³-hybridized carbons (Fsp3) is 0.562. The quantitative estimate of drug-likeness (QED) is 0.628. The summed E-state index contributed by atoms with van der Waals surface area (Å²) in [5.74, 6) is 0.114. The van der Waals surface area contributed by atoms with E-state index in [4.69, 9.17) is 5.73 Å². The van der Waals surface area contributed by atoms with Crippen molar-refractivity contribution in [1.29, 1.82) is 0 Å². The first-order valence-corrected chi connectivity index (χ1v) is 7.14. The van der Waals surface area contributed by atoms with Crippen LogP contribution in [0.2, 0.25) is 0 Å². The zero-order valence-corrected chi connectivity index (χ0v) is 12.6.